The normalized spacial score (nSPS) is 24.1. The van der Waals surface area contributed by atoms with E-state index in [4.69, 9.17) is 0 Å². The van der Waals surface area contributed by atoms with Crippen LogP contribution in [0.3, 0.4) is 0 Å². The molecule has 4 heteroatoms. The van der Waals surface area contributed by atoms with Gasteiger partial charge in [0.1, 0.15) is 6.04 Å². The molecular weight excluding hydrogens is 276 g/mol. The van der Waals surface area contributed by atoms with E-state index in [1.807, 2.05) is 4.90 Å². The molecule has 1 N–H and O–H groups in total. The summed E-state index contributed by atoms with van der Waals surface area (Å²) in [5.74, 6) is 0.407. The average Bonchev–Trinajstić information content (AvgIpc) is 2.71. The largest absolute Gasteiger partial charge is 0.344 e. The molecule has 0 spiro atoms. The molecule has 1 heterocycles. The molecule has 1 saturated heterocycles. The molecule has 2 fully saturated rings. The summed E-state index contributed by atoms with van der Waals surface area (Å²) in [6.07, 6.45) is 11.9. The Kier molecular flexibility index (Phi) is 7.20. The third kappa shape index (κ3) is 4.99. The number of likely N-dealkylation sites (tertiary alicyclic amines) is 1. The Hall–Kier alpha value is -1.06. The quantitative estimate of drug-likeness (QED) is 0.766. The second kappa shape index (κ2) is 9.16. The van der Waals surface area contributed by atoms with Crippen molar-refractivity contribution in [3.8, 4) is 0 Å². The van der Waals surface area contributed by atoms with Crippen LogP contribution in [-0.2, 0) is 9.59 Å². The smallest absolute Gasteiger partial charge is 0.245 e. The Morgan fingerprint density at radius 1 is 1.09 bits per heavy atom. The number of amides is 2. The van der Waals surface area contributed by atoms with Gasteiger partial charge in [0.25, 0.3) is 0 Å². The lowest BCUT2D eigenvalue weighted by molar-refractivity contribution is -0.137. The Morgan fingerprint density at radius 3 is 2.55 bits per heavy atom. The van der Waals surface area contributed by atoms with Gasteiger partial charge in [-0.3, -0.25) is 9.59 Å². The average molecular weight is 308 g/mol. The van der Waals surface area contributed by atoms with Gasteiger partial charge in [0.05, 0.1) is 0 Å². The number of unbranched alkanes of at least 4 members (excludes halogenated alkanes) is 2. The topological polar surface area (TPSA) is 49.4 Å². The highest BCUT2D eigenvalue weighted by molar-refractivity contribution is 5.88. The number of carbonyl (C=O) groups excluding carboxylic acids is 2. The Labute approximate surface area is 135 Å². The van der Waals surface area contributed by atoms with E-state index in [2.05, 4.69) is 12.2 Å². The van der Waals surface area contributed by atoms with Crippen LogP contribution < -0.4 is 5.32 Å². The predicted molar refractivity (Wildman–Crippen MR) is 88.5 cm³/mol. The van der Waals surface area contributed by atoms with Crippen LogP contribution in [0, 0.1) is 5.92 Å². The molecule has 2 rings (SSSR count). The van der Waals surface area contributed by atoms with Crippen molar-refractivity contribution >= 4 is 11.8 Å². The summed E-state index contributed by atoms with van der Waals surface area (Å²) in [5.41, 5.74) is 0. The highest BCUT2D eigenvalue weighted by atomic mass is 16.2. The predicted octanol–water partition coefficient (Wildman–Crippen LogP) is 3.25. The fourth-order valence-corrected chi connectivity index (χ4v) is 3.67. The first-order valence-electron chi connectivity index (χ1n) is 9.31. The van der Waals surface area contributed by atoms with E-state index in [1.54, 1.807) is 0 Å². The number of carbonyl (C=O) groups is 2. The SMILES string of the molecule is CCCCCN1CCCCC(NC(=O)C2CCCCC2)C1=O. The Balaban J connectivity index is 1.87. The maximum Gasteiger partial charge on any atom is 0.245 e. The van der Waals surface area contributed by atoms with Crippen molar-refractivity contribution < 1.29 is 9.59 Å². The monoisotopic (exact) mass is 308 g/mol. The molecule has 2 aliphatic rings. The second-order valence-corrected chi connectivity index (χ2v) is 6.92. The molecule has 1 atom stereocenters. The van der Waals surface area contributed by atoms with Gasteiger partial charge in [-0.15, -0.1) is 0 Å². The number of rotatable bonds is 6. The summed E-state index contributed by atoms with van der Waals surface area (Å²) >= 11 is 0. The molecule has 2 amide bonds. The van der Waals surface area contributed by atoms with Crippen LogP contribution >= 0.6 is 0 Å². The third-order valence-corrected chi connectivity index (χ3v) is 5.10. The van der Waals surface area contributed by atoms with Crippen molar-refractivity contribution in [1.82, 2.24) is 10.2 Å². The minimum Gasteiger partial charge on any atom is -0.344 e. The molecule has 0 aromatic rings. The number of hydrogen-bond acceptors (Lipinski definition) is 2. The van der Waals surface area contributed by atoms with E-state index in [1.165, 1.54) is 19.3 Å². The Morgan fingerprint density at radius 2 is 1.82 bits per heavy atom. The first-order valence-corrected chi connectivity index (χ1v) is 9.31. The first kappa shape index (κ1) is 17.3. The molecule has 1 saturated carbocycles. The zero-order valence-electron chi connectivity index (χ0n) is 14.1. The van der Waals surface area contributed by atoms with Gasteiger partial charge in [-0.25, -0.2) is 0 Å². The number of nitrogens with zero attached hydrogens (tertiary/aromatic N) is 1. The lowest BCUT2D eigenvalue weighted by Gasteiger charge is -2.27. The van der Waals surface area contributed by atoms with E-state index < -0.39 is 0 Å². The van der Waals surface area contributed by atoms with Crippen molar-refractivity contribution in [1.29, 1.82) is 0 Å². The van der Waals surface area contributed by atoms with Crippen molar-refractivity contribution in [2.45, 2.75) is 83.6 Å². The van der Waals surface area contributed by atoms with Gasteiger partial charge in [-0.05, 0) is 38.5 Å². The van der Waals surface area contributed by atoms with Gasteiger partial charge in [0.15, 0.2) is 0 Å². The van der Waals surface area contributed by atoms with Gasteiger partial charge in [0.2, 0.25) is 11.8 Å². The van der Waals surface area contributed by atoms with Crippen LogP contribution in [0.5, 0.6) is 0 Å². The lowest BCUT2D eigenvalue weighted by Crippen LogP contribution is -2.49. The molecule has 126 valence electrons. The molecule has 1 aliphatic carbocycles. The number of hydrogen-bond donors (Lipinski definition) is 1. The van der Waals surface area contributed by atoms with Gasteiger partial charge in [0, 0.05) is 19.0 Å². The minimum atomic E-state index is -0.279. The molecule has 4 nitrogen and oxygen atoms in total. The van der Waals surface area contributed by atoms with Crippen molar-refractivity contribution in [3.63, 3.8) is 0 Å². The molecule has 1 unspecified atom stereocenters. The summed E-state index contributed by atoms with van der Waals surface area (Å²) in [5, 5.41) is 3.07. The molecule has 0 aromatic heterocycles. The van der Waals surface area contributed by atoms with Crippen LogP contribution in [0.1, 0.15) is 77.6 Å². The maximum atomic E-state index is 12.7. The van der Waals surface area contributed by atoms with E-state index in [0.717, 1.165) is 64.5 Å². The molecule has 22 heavy (non-hydrogen) atoms. The summed E-state index contributed by atoms with van der Waals surface area (Å²) in [4.78, 5) is 27.1. The highest BCUT2D eigenvalue weighted by Crippen LogP contribution is 2.24. The standard InChI is InChI=1S/C18H32N2O2/c1-2-3-8-13-20-14-9-7-12-16(18(20)22)19-17(21)15-10-5-4-6-11-15/h15-16H,2-14H2,1H3,(H,19,21). The molecule has 0 aromatic carbocycles. The zero-order valence-corrected chi connectivity index (χ0v) is 14.1. The summed E-state index contributed by atoms with van der Waals surface area (Å²) in [6, 6.07) is -0.279. The molecule has 0 bridgehead atoms. The van der Waals surface area contributed by atoms with E-state index >= 15 is 0 Å². The van der Waals surface area contributed by atoms with Gasteiger partial charge >= 0.3 is 0 Å². The van der Waals surface area contributed by atoms with Crippen molar-refractivity contribution in [3.05, 3.63) is 0 Å². The minimum absolute atomic E-state index is 0.119. The van der Waals surface area contributed by atoms with Gasteiger partial charge in [-0.1, -0.05) is 39.0 Å². The van der Waals surface area contributed by atoms with E-state index in [9.17, 15) is 9.59 Å². The molecule has 0 radical (unpaired) electrons. The molecule has 1 aliphatic heterocycles. The summed E-state index contributed by atoms with van der Waals surface area (Å²) in [7, 11) is 0. The summed E-state index contributed by atoms with van der Waals surface area (Å²) < 4.78 is 0. The first-order chi connectivity index (χ1) is 10.7. The van der Waals surface area contributed by atoms with Crippen LogP contribution in [0.2, 0.25) is 0 Å². The summed E-state index contributed by atoms with van der Waals surface area (Å²) in [6.45, 7) is 3.89. The van der Waals surface area contributed by atoms with Crippen molar-refractivity contribution in [2.24, 2.45) is 5.92 Å². The fraction of sp³-hybridized carbons (Fsp3) is 0.889. The second-order valence-electron chi connectivity index (χ2n) is 6.92. The van der Waals surface area contributed by atoms with Crippen LogP contribution in [0.25, 0.3) is 0 Å². The van der Waals surface area contributed by atoms with Crippen molar-refractivity contribution in [2.75, 3.05) is 13.1 Å². The van der Waals surface area contributed by atoms with E-state index in [-0.39, 0.29) is 23.8 Å². The van der Waals surface area contributed by atoms with Gasteiger partial charge in [-0.2, -0.15) is 0 Å². The fourth-order valence-electron chi connectivity index (χ4n) is 3.67. The van der Waals surface area contributed by atoms with Crippen LogP contribution in [0.4, 0.5) is 0 Å². The highest BCUT2D eigenvalue weighted by Gasteiger charge is 2.30. The molecular formula is C18H32N2O2. The number of nitrogens with one attached hydrogen (secondary N) is 1. The Bertz CT molecular complexity index is 364. The third-order valence-electron chi connectivity index (χ3n) is 5.10. The van der Waals surface area contributed by atoms with Crippen LogP contribution in [0.15, 0.2) is 0 Å². The van der Waals surface area contributed by atoms with Crippen LogP contribution in [-0.4, -0.2) is 35.8 Å². The zero-order chi connectivity index (χ0) is 15.8. The van der Waals surface area contributed by atoms with E-state index in [0.29, 0.717) is 0 Å². The van der Waals surface area contributed by atoms with Gasteiger partial charge < -0.3 is 10.2 Å². The maximum absolute atomic E-state index is 12.7. The lowest BCUT2D eigenvalue weighted by atomic mass is 9.88.